The highest BCUT2D eigenvalue weighted by atomic mass is 35.5. The van der Waals surface area contributed by atoms with Gasteiger partial charge in [-0.1, -0.05) is 112 Å². The number of aliphatic hydroxyl groups excluding tert-OH is 1. The topological polar surface area (TPSA) is 441 Å². The van der Waals surface area contributed by atoms with Crippen LogP contribution in [0.5, 0.6) is 0 Å². The first kappa shape index (κ1) is 84.3. The van der Waals surface area contributed by atoms with Crippen LogP contribution in [0.15, 0.2) is 116 Å². The van der Waals surface area contributed by atoms with Gasteiger partial charge < -0.3 is 84.9 Å². The minimum atomic E-state index is -1.89. The Labute approximate surface area is 621 Å². The van der Waals surface area contributed by atoms with Gasteiger partial charge in [-0.15, -0.1) is 0 Å². The lowest BCUT2D eigenvalue weighted by Gasteiger charge is -2.31. The van der Waals surface area contributed by atoms with Gasteiger partial charge in [0.15, 0.2) is 0 Å². The number of fused-ring (bicyclic) bond motifs is 1. The molecule has 1 aliphatic rings. The zero-order chi connectivity index (χ0) is 77.6. The van der Waals surface area contributed by atoms with E-state index in [0.29, 0.717) is 58.8 Å². The third-order valence-corrected chi connectivity index (χ3v) is 17.6. The van der Waals surface area contributed by atoms with Gasteiger partial charge in [0.2, 0.25) is 70.9 Å². The van der Waals surface area contributed by atoms with E-state index in [4.69, 9.17) is 17.3 Å². The maximum absolute atomic E-state index is 15.0. The number of primary amides is 1. The van der Waals surface area contributed by atoms with E-state index < -0.39 is 145 Å². The van der Waals surface area contributed by atoms with Crippen molar-refractivity contribution < 1.29 is 67.4 Å². The number of halogens is 1. The molecule has 10 atom stereocenters. The van der Waals surface area contributed by atoms with Crippen molar-refractivity contribution in [1.29, 1.82) is 0 Å². The number of rotatable bonds is 40. The summed E-state index contributed by atoms with van der Waals surface area (Å²) in [7, 11) is 0. The molecule has 16 N–H and O–H groups in total. The average Bonchev–Trinajstić information content (AvgIpc) is 1.37. The van der Waals surface area contributed by atoms with Crippen molar-refractivity contribution in [3.63, 3.8) is 0 Å². The predicted molar refractivity (Wildman–Crippen MR) is 398 cm³/mol. The molecule has 0 spiro atoms. The number of nitrogens with zero attached hydrogens (tertiary/aromatic N) is 2. The average molecular weight is 1490 g/mol. The molecule has 0 unspecified atom stereocenters. The number of benzene rings is 4. The van der Waals surface area contributed by atoms with Crippen molar-refractivity contribution in [1.82, 2.24) is 73.7 Å². The van der Waals surface area contributed by atoms with E-state index in [0.717, 1.165) is 10.8 Å². The first-order valence-corrected chi connectivity index (χ1v) is 36.0. The van der Waals surface area contributed by atoms with Gasteiger partial charge in [-0.2, -0.15) is 0 Å². The van der Waals surface area contributed by atoms with Crippen LogP contribution in [-0.4, -0.2) is 191 Å². The lowest BCUT2D eigenvalue weighted by Crippen LogP contribution is -2.63. The van der Waals surface area contributed by atoms with Crippen LogP contribution in [0.25, 0.3) is 10.8 Å². The van der Waals surface area contributed by atoms with Gasteiger partial charge in [0, 0.05) is 88.3 Å². The Morgan fingerprint density at radius 3 is 1.63 bits per heavy atom. The van der Waals surface area contributed by atoms with Gasteiger partial charge in [0.25, 0.3) is 0 Å². The lowest BCUT2D eigenvalue weighted by atomic mass is 9.99. The second-order valence-electron chi connectivity index (χ2n) is 27.0. The number of carbonyl (C=O) groups is 13. The number of pyridine rings is 1. The Morgan fingerprint density at radius 2 is 1.08 bits per heavy atom. The fourth-order valence-electron chi connectivity index (χ4n) is 11.9. The number of hydrogen-bond acceptors (Lipinski definition) is 16. The molecule has 0 bridgehead atoms. The van der Waals surface area contributed by atoms with E-state index in [9.17, 15) is 62.6 Å². The fourth-order valence-corrected chi connectivity index (χ4v) is 12.0. The van der Waals surface area contributed by atoms with E-state index in [1.54, 1.807) is 81.4 Å². The number of nitrogens with two attached hydrogens (primary N) is 1. The van der Waals surface area contributed by atoms with Crippen LogP contribution in [-0.2, 0) is 83.2 Å². The van der Waals surface area contributed by atoms with E-state index in [1.807, 2.05) is 56.3 Å². The Morgan fingerprint density at radius 1 is 0.557 bits per heavy atom. The normalized spacial score (nSPS) is 15.1. The summed E-state index contributed by atoms with van der Waals surface area (Å²) >= 11 is 6.24. The second-order valence-corrected chi connectivity index (χ2v) is 27.5. The van der Waals surface area contributed by atoms with Crippen molar-refractivity contribution in [2.75, 3.05) is 38.1 Å². The number of unbranched alkanes of at least 4 members (excludes halogenated alkanes) is 1. The summed E-state index contributed by atoms with van der Waals surface area (Å²) < 4.78 is 0. The maximum atomic E-state index is 15.0. The molecule has 31 heteroatoms. The Hall–Kier alpha value is -10.6. The summed E-state index contributed by atoms with van der Waals surface area (Å²) in [5, 5.41) is 48.1. The molecule has 1 fully saturated rings. The molecule has 0 radical (unpaired) electrons. The largest absolute Gasteiger partial charge is 0.394 e. The van der Waals surface area contributed by atoms with Crippen molar-refractivity contribution >= 4 is 105 Å². The van der Waals surface area contributed by atoms with E-state index >= 15 is 4.79 Å². The summed E-state index contributed by atoms with van der Waals surface area (Å²) in [6.45, 7) is 12.3. The number of anilines is 1. The summed E-state index contributed by atoms with van der Waals surface area (Å²) in [5.41, 5.74) is 7.92. The molecule has 6 rings (SSSR count). The molecule has 106 heavy (non-hydrogen) atoms. The van der Waals surface area contributed by atoms with Gasteiger partial charge in [-0.25, -0.2) is 4.79 Å². The van der Waals surface area contributed by atoms with Gasteiger partial charge in [-0.3, -0.25) is 62.5 Å². The molecule has 1 saturated heterocycles. The number of aliphatic hydroxyl groups is 1. The van der Waals surface area contributed by atoms with E-state index in [2.05, 4.69) is 74.1 Å². The second kappa shape index (κ2) is 42.4. The highest BCUT2D eigenvalue weighted by Gasteiger charge is 2.40. The number of urea groups is 1. The number of amides is 14. The first-order valence-electron chi connectivity index (χ1n) is 35.6. The quantitative estimate of drug-likeness (QED) is 0.0247. The van der Waals surface area contributed by atoms with Crippen LogP contribution in [0.2, 0.25) is 5.02 Å². The fraction of sp³-hybridized carbons (Fsp3) is 0.467. The lowest BCUT2D eigenvalue weighted by molar-refractivity contribution is -0.142. The van der Waals surface area contributed by atoms with Crippen molar-refractivity contribution in [2.45, 2.75) is 186 Å². The van der Waals surface area contributed by atoms with Crippen molar-refractivity contribution in [2.24, 2.45) is 11.7 Å². The molecule has 0 aliphatic carbocycles. The smallest absolute Gasteiger partial charge is 0.314 e. The Bertz CT molecular complexity index is 3850. The zero-order valence-electron chi connectivity index (χ0n) is 61.1. The van der Waals surface area contributed by atoms with Crippen LogP contribution in [0.4, 0.5) is 10.5 Å². The summed E-state index contributed by atoms with van der Waals surface area (Å²) in [6.07, 6.45) is 4.14. The van der Waals surface area contributed by atoms with Crippen molar-refractivity contribution in [3.05, 3.63) is 143 Å². The molecule has 0 saturated carbocycles. The molecule has 1 aliphatic heterocycles. The third-order valence-electron chi connectivity index (χ3n) is 17.4. The number of hydrogen-bond donors (Lipinski definition) is 15. The molecular weight excluding hydrogens is 1380 g/mol. The standard InChI is InChI=1S/C75H101ClN16O14/c1-9-79-75(106)81-41-62(71(102)89-60(37-49-24-29-55(30-25-49)83-46(7)94)68(99)86-57(34-43(2)3)66(97)85-56(19-12-13-32-80-44(4)5)74(105)92-33-15-20-64(92)73(104)82-45(6)65(77)96)90-72(103)63(42-93)91-70(101)61(39-51-16-14-31-78-40-51)88-69(100)59(36-48-22-27-54(76)28-23-48)87-67(98)58(84-47(8)95)38-50-21-26-52-17-10-11-18-53(52)35-50/h10-11,14,16-18,21-31,35,40,43-45,56-64,80,93H,9,12-13,15,19-20,32-34,36-39,41-42H2,1-8H3,(H2,77,96)(H,82,104)(H,83,94)(H,84,95)(H,85,97)(H,86,99)(H,87,98)(H,88,100)(H,89,102)(H,90,103)(H,91,101)(H2,79,81,106)/t45-,56+,57+,58-,59-,60-,61-,62+,63+,64+/m1/s1. The zero-order valence-corrected chi connectivity index (χ0v) is 61.9. The molecule has 5 aromatic rings. The summed E-state index contributed by atoms with van der Waals surface area (Å²) in [5.74, 6) is -9.72. The summed E-state index contributed by atoms with van der Waals surface area (Å²) in [6, 6.07) is 14.5. The Kier molecular flexibility index (Phi) is 33.7. The Balaban J connectivity index is 1.28. The first-order chi connectivity index (χ1) is 50.5. The van der Waals surface area contributed by atoms with Crippen molar-refractivity contribution in [3.8, 4) is 0 Å². The van der Waals surface area contributed by atoms with Crippen LogP contribution < -0.4 is 74.9 Å². The van der Waals surface area contributed by atoms with Gasteiger partial charge in [-0.05, 0) is 128 Å². The summed E-state index contributed by atoms with van der Waals surface area (Å²) in [4.78, 5) is 187. The number of aromatic nitrogens is 1. The molecule has 1 aromatic heterocycles. The van der Waals surface area contributed by atoms with Gasteiger partial charge >= 0.3 is 6.03 Å². The molecule has 2 heterocycles. The minimum absolute atomic E-state index is 0.00698. The maximum Gasteiger partial charge on any atom is 0.314 e. The molecule has 572 valence electrons. The SMILES string of the molecule is CCNC(=O)NC[C@H](NC(=O)[C@H](CO)NC(=O)[C@@H](Cc1cccnc1)NC(=O)[C@@H](Cc1ccc(Cl)cc1)NC(=O)[C@@H](Cc1ccc2ccccc2c1)NC(C)=O)C(=O)N[C@H](Cc1ccc(NC(C)=O)cc1)C(=O)N[C@@H](CC(C)C)C(=O)N[C@@H](CCCCNC(C)C)C(=O)N1CCC[C@H]1C(=O)N[C@H](C)C(N)=O. The number of carbonyl (C=O) groups excluding carboxylic acids is 13. The highest BCUT2D eigenvalue weighted by molar-refractivity contribution is 6.30. The van der Waals surface area contributed by atoms with Crippen LogP contribution in [0.1, 0.15) is 116 Å². The minimum Gasteiger partial charge on any atom is -0.394 e. The third kappa shape index (κ3) is 27.8. The van der Waals surface area contributed by atoms with E-state index in [-0.39, 0.29) is 75.9 Å². The number of likely N-dealkylation sites (tertiary alicyclic amines) is 1. The highest BCUT2D eigenvalue weighted by Crippen LogP contribution is 2.23. The molecule has 4 aromatic carbocycles. The monoisotopic (exact) mass is 1480 g/mol. The van der Waals surface area contributed by atoms with Crippen LogP contribution in [0.3, 0.4) is 0 Å². The van der Waals surface area contributed by atoms with Crippen LogP contribution in [0, 0.1) is 5.92 Å². The molecule has 30 nitrogen and oxygen atoms in total. The van der Waals surface area contributed by atoms with E-state index in [1.165, 1.54) is 38.1 Å². The van der Waals surface area contributed by atoms with Gasteiger partial charge in [0.1, 0.15) is 60.4 Å². The van der Waals surface area contributed by atoms with Gasteiger partial charge in [0.05, 0.1) is 6.61 Å². The van der Waals surface area contributed by atoms with Crippen LogP contribution >= 0.6 is 11.6 Å². The number of nitrogens with one attached hydrogen (secondary N) is 13. The molecular formula is C75H101ClN16O14. The predicted octanol–water partition coefficient (Wildman–Crippen LogP) is 1.52. The molecule has 14 amide bonds.